The fourth-order valence-electron chi connectivity index (χ4n) is 2.55. The summed E-state index contributed by atoms with van der Waals surface area (Å²) in [4.78, 5) is 20.8. The predicted molar refractivity (Wildman–Crippen MR) is 78.8 cm³/mol. The number of hydrogen-bond donors (Lipinski definition) is 2. The third kappa shape index (κ3) is 2.69. The van der Waals surface area contributed by atoms with E-state index < -0.39 is 0 Å². The molecule has 1 aliphatic carbocycles. The quantitative estimate of drug-likeness (QED) is 0.794. The van der Waals surface area contributed by atoms with Crippen LogP contribution in [0.15, 0.2) is 11.1 Å². The van der Waals surface area contributed by atoms with Crippen LogP contribution in [-0.2, 0) is 0 Å². The highest BCUT2D eigenvalue weighted by atomic mass is 127. The van der Waals surface area contributed by atoms with Gasteiger partial charge in [0.1, 0.15) is 9.39 Å². The van der Waals surface area contributed by atoms with Gasteiger partial charge in [0.25, 0.3) is 5.56 Å². The molecule has 98 valence electrons. The van der Waals surface area contributed by atoms with Crippen molar-refractivity contribution >= 4 is 28.4 Å². The summed E-state index contributed by atoms with van der Waals surface area (Å²) in [7, 11) is 0. The molecule has 2 N–H and O–H groups in total. The SMILES string of the molecule is O=c1[nH]cnc(NCC2CCN(C3CC3)C2)c1I. The second kappa shape index (κ2) is 5.16. The van der Waals surface area contributed by atoms with Gasteiger partial charge in [-0.25, -0.2) is 4.98 Å². The summed E-state index contributed by atoms with van der Waals surface area (Å²) in [6.07, 6.45) is 5.47. The van der Waals surface area contributed by atoms with Gasteiger partial charge in [0.2, 0.25) is 0 Å². The van der Waals surface area contributed by atoms with Crippen LogP contribution in [0.2, 0.25) is 0 Å². The van der Waals surface area contributed by atoms with Crippen LogP contribution in [0.1, 0.15) is 19.3 Å². The Kier molecular flexibility index (Phi) is 3.56. The van der Waals surface area contributed by atoms with E-state index in [4.69, 9.17) is 0 Å². The molecule has 2 aliphatic rings. The van der Waals surface area contributed by atoms with Crippen LogP contribution in [0.25, 0.3) is 0 Å². The Morgan fingerprint density at radius 2 is 2.33 bits per heavy atom. The van der Waals surface area contributed by atoms with Crippen LogP contribution in [0, 0.1) is 9.49 Å². The van der Waals surface area contributed by atoms with Gasteiger partial charge < -0.3 is 15.2 Å². The van der Waals surface area contributed by atoms with E-state index in [0.717, 1.165) is 12.6 Å². The predicted octanol–water partition coefficient (Wildman–Crippen LogP) is 1.27. The minimum Gasteiger partial charge on any atom is -0.369 e. The Labute approximate surface area is 120 Å². The van der Waals surface area contributed by atoms with Crippen molar-refractivity contribution in [3.8, 4) is 0 Å². The molecule has 0 amide bonds. The number of rotatable bonds is 4. The molecule has 1 atom stereocenters. The number of nitrogens with zero attached hydrogens (tertiary/aromatic N) is 2. The van der Waals surface area contributed by atoms with Crippen molar-refractivity contribution in [2.45, 2.75) is 25.3 Å². The molecular weight excluding hydrogens is 343 g/mol. The number of H-pyrrole nitrogens is 1. The van der Waals surface area contributed by atoms with Gasteiger partial charge in [-0.2, -0.15) is 0 Å². The van der Waals surface area contributed by atoms with Crippen molar-refractivity contribution in [1.82, 2.24) is 14.9 Å². The second-order valence-electron chi connectivity index (χ2n) is 5.16. The fourth-order valence-corrected chi connectivity index (χ4v) is 3.03. The van der Waals surface area contributed by atoms with Gasteiger partial charge in [0.05, 0.1) is 6.33 Å². The van der Waals surface area contributed by atoms with E-state index in [0.29, 0.717) is 15.3 Å². The van der Waals surface area contributed by atoms with Crippen molar-refractivity contribution in [3.05, 3.63) is 20.3 Å². The summed E-state index contributed by atoms with van der Waals surface area (Å²) in [5.74, 6) is 1.40. The molecule has 1 saturated heterocycles. The third-order valence-corrected chi connectivity index (χ3v) is 4.74. The maximum absolute atomic E-state index is 11.4. The van der Waals surface area contributed by atoms with Crippen molar-refractivity contribution < 1.29 is 0 Å². The summed E-state index contributed by atoms with van der Waals surface area (Å²) in [5, 5.41) is 3.31. The van der Waals surface area contributed by atoms with Gasteiger partial charge in [-0.15, -0.1) is 0 Å². The smallest absolute Gasteiger partial charge is 0.266 e. The lowest BCUT2D eigenvalue weighted by Gasteiger charge is -2.15. The van der Waals surface area contributed by atoms with E-state index in [1.54, 1.807) is 0 Å². The first kappa shape index (κ1) is 12.4. The van der Waals surface area contributed by atoms with Gasteiger partial charge in [-0.05, 0) is 54.3 Å². The molecule has 0 spiro atoms. The molecule has 1 aromatic heterocycles. The highest BCUT2D eigenvalue weighted by Crippen LogP contribution is 2.31. The van der Waals surface area contributed by atoms with Crippen LogP contribution >= 0.6 is 22.6 Å². The Bertz CT molecular complexity index is 485. The minimum absolute atomic E-state index is 0.0703. The molecule has 3 rings (SSSR count). The Morgan fingerprint density at radius 1 is 1.50 bits per heavy atom. The molecule has 2 heterocycles. The molecule has 2 fully saturated rings. The normalized spacial score (nSPS) is 24.4. The van der Waals surface area contributed by atoms with E-state index in [1.165, 1.54) is 38.7 Å². The third-order valence-electron chi connectivity index (χ3n) is 3.74. The van der Waals surface area contributed by atoms with Crippen LogP contribution in [0.5, 0.6) is 0 Å². The maximum Gasteiger partial charge on any atom is 0.266 e. The van der Waals surface area contributed by atoms with Crippen LogP contribution in [-0.4, -0.2) is 40.5 Å². The van der Waals surface area contributed by atoms with Crippen LogP contribution in [0.3, 0.4) is 0 Å². The van der Waals surface area contributed by atoms with E-state index in [2.05, 4.69) is 20.2 Å². The molecule has 0 radical (unpaired) electrons. The van der Waals surface area contributed by atoms with Gasteiger partial charge in [0.15, 0.2) is 0 Å². The van der Waals surface area contributed by atoms with E-state index in [1.807, 2.05) is 22.6 Å². The molecule has 18 heavy (non-hydrogen) atoms. The number of anilines is 1. The summed E-state index contributed by atoms with van der Waals surface area (Å²) in [6.45, 7) is 3.34. The maximum atomic E-state index is 11.4. The lowest BCUT2D eigenvalue weighted by molar-refractivity contribution is 0.316. The van der Waals surface area contributed by atoms with Crippen molar-refractivity contribution in [2.24, 2.45) is 5.92 Å². The number of halogens is 1. The van der Waals surface area contributed by atoms with Crippen LogP contribution < -0.4 is 10.9 Å². The van der Waals surface area contributed by atoms with Gasteiger partial charge in [-0.3, -0.25) is 4.79 Å². The molecule has 1 aliphatic heterocycles. The number of aromatic amines is 1. The van der Waals surface area contributed by atoms with Crippen molar-refractivity contribution in [2.75, 3.05) is 25.0 Å². The average Bonchev–Trinajstić information content (AvgIpc) is 3.11. The Balaban J connectivity index is 1.55. The standard InChI is InChI=1S/C12H17IN4O/c13-10-11(15-7-16-12(10)18)14-5-8-3-4-17(6-8)9-1-2-9/h7-9H,1-6H2,(H2,14,15,16,18). The number of likely N-dealkylation sites (tertiary alicyclic amines) is 1. The number of hydrogen-bond acceptors (Lipinski definition) is 4. The molecule has 6 heteroatoms. The second-order valence-corrected chi connectivity index (χ2v) is 6.23. The molecule has 0 aromatic carbocycles. The molecule has 1 saturated carbocycles. The van der Waals surface area contributed by atoms with Crippen molar-refractivity contribution in [1.29, 1.82) is 0 Å². The van der Waals surface area contributed by atoms with E-state index in [9.17, 15) is 4.79 Å². The largest absolute Gasteiger partial charge is 0.369 e. The fraction of sp³-hybridized carbons (Fsp3) is 0.667. The number of nitrogens with one attached hydrogen (secondary N) is 2. The van der Waals surface area contributed by atoms with E-state index in [-0.39, 0.29) is 5.56 Å². The van der Waals surface area contributed by atoms with Crippen LogP contribution in [0.4, 0.5) is 5.82 Å². The molecule has 0 bridgehead atoms. The summed E-state index contributed by atoms with van der Waals surface area (Å²) >= 11 is 2.04. The first-order valence-electron chi connectivity index (χ1n) is 6.45. The number of aromatic nitrogens is 2. The average molecular weight is 360 g/mol. The summed E-state index contributed by atoms with van der Waals surface area (Å²) < 4.78 is 0.646. The zero-order valence-electron chi connectivity index (χ0n) is 10.2. The minimum atomic E-state index is -0.0703. The molecular formula is C12H17IN4O. The summed E-state index contributed by atoms with van der Waals surface area (Å²) in [5.41, 5.74) is -0.0703. The van der Waals surface area contributed by atoms with E-state index >= 15 is 0 Å². The highest BCUT2D eigenvalue weighted by molar-refractivity contribution is 14.1. The Hall–Kier alpha value is -0.630. The zero-order valence-corrected chi connectivity index (χ0v) is 12.3. The monoisotopic (exact) mass is 360 g/mol. The van der Waals surface area contributed by atoms with Gasteiger partial charge in [-0.1, -0.05) is 0 Å². The zero-order chi connectivity index (χ0) is 12.5. The molecule has 5 nitrogen and oxygen atoms in total. The highest BCUT2D eigenvalue weighted by Gasteiger charge is 2.34. The Morgan fingerprint density at radius 3 is 3.11 bits per heavy atom. The molecule has 1 unspecified atom stereocenters. The topological polar surface area (TPSA) is 61.0 Å². The first-order valence-corrected chi connectivity index (χ1v) is 7.53. The van der Waals surface area contributed by atoms with Gasteiger partial charge >= 0.3 is 0 Å². The van der Waals surface area contributed by atoms with Crippen molar-refractivity contribution in [3.63, 3.8) is 0 Å². The molecule has 1 aromatic rings. The lowest BCUT2D eigenvalue weighted by Crippen LogP contribution is -2.25. The lowest BCUT2D eigenvalue weighted by atomic mass is 10.1. The summed E-state index contributed by atoms with van der Waals surface area (Å²) in [6, 6.07) is 0.868. The van der Waals surface area contributed by atoms with Gasteiger partial charge in [0, 0.05) is 19.1 Å². The first-order chi connectivity index (χ1) is 8.74.